The second-order valence-electron chi connectivity index (χ2n) is 7.75. The van der Waals surface area contributed by atoms with Crippen molar-refractivity contribution in [3.8, 4) is 5.69 Å². The van der Waals surface area contributed by atoms with E-state index in [9.17, 15) is 9.59 Å². The van der Waals surface area contributed by atoms with Crippen LogP contribution in [0, 0.1) is 0 Å². The van der Waals surface area contributed by atoms with Gasteiger partial charge in [-0.3, -0.25) is 9.59 Å². The lowest BCUT2D eigenvalue weighted by molar-refractivity contribution is -0.124. The lowest BCUT2D eigenvalue weighted by Crippen LogP contribution is -2.50. The SMILES string of the molecule is O=C(NC1(C(=O)N[C@@H]2CCc3ccccc3-n3ccnc32)CC1)c1ccccc1. The first-order valence-electron chi connectivity index (χ1n) is 9.96. The van der Waals surface area contributed by atoms with Gasteiger partial charge in [0.1, 0.15) is 11.4 Å². The molecule has 0 saturated heterocycles. The standard InChI is InChI=1S/C23H22N4O2/c28-21(17-7-2-1-3-8-17)26-23(12-13-23)22(29)25-18-11-10-16-6-4-5-9-19(16)27-15-14-24-20(18)27/h1-9,14-15,18H,10-13H2,(H,25,29)(H,26,28)/t18-/m1/s1. The topological polar surface area (TPSA) is 76.0 Å². The Morgan fingerprint density at radius 3 is 2.59 bits per heavy atom. The number of rotatable bonds is 4. The van der Waals surface area contributed by atoms with Crippen LogP contribution in [0.2, 0.25) is 0 Å². The van der Waals surface area contributed by atoms with Crippen LogP contribution in [0.15, 0.2) is 67.0 Å². The van der Waals surface area contributed by atoms with Crippen LogP contribution in [0.4, 0.5) is 0 Å². The molecule has 6 nitrogen and oxygen atoms in total. The van der Waals surface area contributed by atoms with Crippen molar-refractivity contribution < 1.29 is 9.59 Å². The molecule has 1 fully saturated rings. The predicted octanol–water partition coefficient (Wildman–Crippen LogP) is 2.94. The lowest BCUT2D eigenvalue weighted by atomic mass is 10.0. The Morgan fingerprint density at radius 2 is 1.79 bits per heavy atom. The molecule has 3 aromatic rings. The van der Waals surface area contributed by atoms with Gasteiger partial charge in [-0.05, 0) is 49.4 Å². The van der Waals surface area contributed by atoms with E-state index in [-0.39, 0.29) is 17.9 Å². The van der Waals surface area contributed by atoms with Crippen molar-refractivity contribution in [2.45, 2.75) is 37.3 Å². The van der Waals surface area contributed by atoms with Gasteiger partial charge < -0.3 is 15.2 Å². The zero-order chi connectivity index (χ0) is 19.8. The van der Waals surface area contributed by atoms with Crippen molar-refractivity contribution in [1.82, 2.24) is 20.2 Å². The molecular weight excluding hydrogens is 364 g/mol. The molecule has 0 bridgehead atoms. The van der Waals surface area contributed by atoms with Gasteiger partial charge >= 0.3 is 0 Å². The third kappa shape index (κ3) is 3.20. The Hall–Kier alpha value is -3.41. The number of hydrogen-bond acceptors (Lipinski definition) is 3. The Labute approximate surface area is 169 Å². The molecule has 2 aromatic carbocycles. The summed E-state index contributed by atoms with van der Waals surface area (Å²) in [5.41, 5.74) is 2.09. The van der Waals surface area contributed by atoms with Gasteiger partial charge in [0, 0.05) is 23.6 Å². The van der Waals surface area contributed by atoms with Crippen molar-refractivity contribution in [3.63, 3.8) is 0 Å². The zero-order valence-corrected chi connectivity index (χ0v) is 16.0. The molecule has 2 N–H and O–H groups in total. The number of para-hydroxylation sites is 1. The fourth-order valence-corrected chi connectivity index (χ4v) is 4.01. The number of aryl methyl sites for hydroxylation is 1. The van der Waals surface area contributed by atoms with E-state index in [0.29, 0.717) is 18.4 Å². The third-order valence-corrected chi connectivity index (χ3v) is 5.81. The fraction of sp³-hybridized carbons (Fsp3) is 0.261. The van der Waals surface area contributed by atoms with E-state index in [0.717, 1.165) is 24.4 Å². The molecule has 29 heavy (non-hydrogen) atoms. The Balaban J connectivity index is 1.34. The molecule has 5 rings (SSSR count). The maximum absolute atomic E-state index is 13.1. The van der Waals surface area contributed by atoms with Crippen LogP contribution in [-0.2, 0) is 11.2 Å². The summed E-state index contributed by atoms with van der Waals surface area (Å²) < 4.78 is 2.05. The Bertz CT molecular complexity index is 1070. The molecule has 1 saturated carbocycles. The van der Waals surface area contributed by atoms with Crippen LogP contribution in [0.1, 0.15) is 47.1 Å². The maximum atomic E-state index is 13.1. The summed E-state index contributed by atoms with van der Waals surface area (Å²) in [6.07, 6.45) is 6.62. The maximum Gasteiger partial charge on any atom is 0.252 e. The van der Waals surface area contributed by atoms with Crippen LogP contribution >= 0.6 is 0 Å². The number of amides is 2. The van der Waals surface area contributed by atoms with E-state index in [2.05, 4.69) is 32.3 Å². The lowest BCUT2D eigenvalue weighted by Gasteiger charge is -2.22. The van der Waals surface area contributed by atoms with E-state index in [1.54, 1.807) is 18.3 Å². The first-order valence-corrected chi connectivity index (χ1v) is 9.96. The Kier molecular flexibility index (Phi) is 4.19. The number of fused-ring (bicyclic) bond motifs is 3. The minimum Gasteiger partial charge on any atom is -0.344 e. The minimum absolute atomic E-state index is 0.132. The normalized spacial score (nSPS) is 18.7. The van der Waals surface area contributed by atoms with E-state index < -0.39 is 5.54 Å². The number of nitrogens with one attached hydrogen (secondary N) is 2. The first kappa shape index (κ1) is 17.7. The fourth-order valence-electron chi connectivity index (χ4n) is 4.01. The molecule has 0 unspecified atom stereocenters. The third-order valence-electron chi connectivity index (χ3n) is 5.81. The first-order chi connectivity index (χ1) is 14.2. The van der Waals surface area contributed by atoms with Gasteiger partial charge in [0.25, 0.3) is 5.91 Å². The van der Waals surface area contributed by atoms with Crippen molar-refractivity contribution in [1.29, 1.82) is 0 Å². The minimum atomic E-state index is -0.816. The summed E-state index contributed by atoms with van der Waals surface area (Å²) in [6, 6.07) is 17.0. The number of hydrogen-bond donors (Lipinski definition) is 2. The molecule has 6 heteroatoms. The molecule has 2 amide bonds. The molecule has 146 valence electrons. The van der Waals surface area contributed by atoms with Gasteiger partial charge in [0.05, 0.1) is 6.04 Å². The Morgan fingerprint density at radius 1 is 1.03 bits per heavy atom. The highest BCUT2D eigenvalue weighted by atomic mass is 16.2. The highest BCUT2D eigenvalue weighted by Gasteiger charge is 2.52. The van der Waals surface area contributed by atoms with Crippen LogP contribution < -0.4 is 10.6 Å². The number of imidazole rings is 1. The van der Waals surface area contributed by atoms with Gasteiger partial charge in [-0.15, -0.1) is 0 Å². The van der Waals surface area contributed by atoms with E-state index in [4.69, 9.17) is 0 Å². The van der Waals surface area contributed by atoms with Gasteiger partial charge in [0.15, 0.2) is 0 Å². The molecule has 2 aliphatic rings. The van der Waals surface area contributed by atoms with Gasteiger partial charge in [-0.2, -0.15) is 0 Å². The number of carbonyl (C=O) groups excluding carboxylic acids is 2. The van der Waals surface area contributed by atoms with Gasteiger partial charge in [-0.1, -0.05) is 36.4 Å². The number of nitrogens with zero attached hydrogens (tertiary/aromatic N) is 2. The molecule has 0 radical (unpaired) electrons. The van der Waals surface area contributed by atoms with E-state index in [1.807, 2.05) is 36.5 Å². The summed E-state index contributed by atoms with van der Waals surface area (Å²) in [4.78, 5) is 30.2. The predicted molar refractivity (Wildman–Crippen MR) is 109 cm³/mol. The molecule has 1 aliphatic carbocycles. The zero-order valence-electron chi connectivity index (χ0n) is 16.0. The summed E-state index contributed by atoms with van der Waals surface area (Å²) in [6.45, 7) is 0. The monoisotopic (exact) mass is 386 g/mol. The summed E-state index contributed by atoms with van der Waals surface area (Å²) in [7, 11) is 0. The van der Waals surface area contributed by atoms with Crippen molar-refractivity contribution in [2.24, 2.45) is 0 Å². The smallest absolute Gasteiger partial charge is 0.252 e. The number of carbonyl (C=O) groups is 2. The van der Waals surface area contributed by atoms with E-state index >= 15 is 0 Å². The van der Waals surface area contributed by atoms with Gasteiger partial charge in [0.2, 0.25) is 5.91 Å². The van der Waals surface area contributed by atoms with Crippen molar-refractivity contribution in [3.05, 3.63) is 83.9 Å². The second-order valence-corrected chi connectivity index (χ2v) is 7.75. The van der Waals surface area contributed by atoms with Crippen LogP contribution in [-0.4, -0.2) is 26.9 Å². The second kappa shape index (κ2) is 6.88. The highest BCUT2D eigenvalue weighted by molar-refractivity contribution is 6.00. The number of aromatic nitrogens is 2. The summed E-state index contributed by atoms with van der Waals surface area (Å²) >= 11 is 0. The molecule has 0 spiro atoms. The largest absolute Gasteiger partial charge is 0.344 e. The molecular formula is C23H22N4O2. The van der Waals surface area contributed by atoms with Crippen LogP contribution in [0.25, 0.3) is 5.69 Å². The van der Waals surface area contributed by atoms with E-state index in [1.165, 1.54) is 5.56 Å². The summed E-state index contributed by atoms with van der Waals surface area (Å²) in [5.74, 6) is 0.480. The molecule has 2 heterocycles. The van der Waals surface area contributed by atoms with Crippen LogP contribution in [0.3, 0.4) is 0 Å². The molecule has 1 aromatic heterocycles. The van der Waals surface area contributed by atoms with Crippen LogP contribution in [0.5, 0.6) is 0 Å². The molecule has 1 aliphatic heterocycles. The molecule has 1 atom stereocenters. The van der Waals surface area contributed by atoms with Crippen molar-refractivity contribution in [2.75, 3.05) is 0 Å². The quantitative estimate of drug-likeness (QED) is 0.724. The van der Waals surface area contributed by atoms with Crippen molar-refractivity contribution >= 4 is 11.8 Å². The average molecular weight is 386 g/mol. The average Bonchev–Trinajstić information content (AvgIpc) is 3.41. The van der Waals surface area contributed by atoms with Gasteiger partial charge in [-0.25, -0.2) is 4.98 Å². The summed E-state index contributed by atoms with van der Waals surface area (Å²) in [5, 5.41) is 6.10. The number of benzene rings is 2. The highest BCUT2D eigenvalue weighted by Crippen LogP contribution is 2.37.